The van der Waals surface area contributed by atoms with Gasteiger partial charge >= 0.3 is 0 Å². The van der Waals surface area contributed by atoms with Gasteiger partial charge in [0.25, 0.3) is 0 Å². The van der Waals surface area contributed by atoms with Crippen LogP contribution in [-0.4, -0.2) is 17.9 Å². The summed E-state index contributed by atoms with van der Waals surface area (Å²) in [6.45, 7) is 1.81. The molecule has 0 atom stereocenters. The number of carbonyl (C=O) groups excluding carboxylic acids is 1. The Morgan fingerprint density at radius 3 is 2.82 bits per heavy atom. The van der Waals surface area contributed by atoms with E-state index < -0.39 is 0 Å². The molecule has 0 aliphatic heterocycles. The van der Waals surface area contributed by atoms with Crippen LogP contribution in [0.15, 0.2) is 12.1 Å². The molecule has 0 saturated carbocycles. The van der Waals surface area contributed by atoms with Gasteiger partial charge in [-0.15, -0.1) is 0 Å². The third-order valence-electron chi connectivity index (χ3n) is 2.39. The lowest BCUT2D eigenvalue weighted by molar-refractivity contribution is -0.129. The standard InChI is InChI=1S/C12H12ClFN2O/c1-8-5-10(13)9(6-11(8)14)7-16(2)12(17)3-4-15/h5-6H,3,7H2,1-2H3. The molecule has 90 valence electrons. The molecule has 0 heterocycles. The molecule has 0 radical (unpaired) electrons. The zero-order valence-electron chi connectivity index (χ0n) is 9.63. The van der Waals surface area contributed by atoms with Gasteiger partial charge in [0, 0.05) is 18.6 Å². The van der Waals surface area contributed by atoms with Crippen LogP contribution in [0.4, 0.5) is 4.39 Å². The Labute approximate surface area is 104 Å². The van der Waals surface area contributed by atoms with E-state index in [0.29, 0.717) is 16.1 Å². The Hall–Kier alpha value is -1.60. The van der Waals surface area contributed by atoms with E-state index in [4.69, 9.17) is 16.9 Å². The first-order valence-electron chi connectivity index (χ1n) is 5.01. The van der Waals surface area contributed by atoms with Crippen molar-refractivity contribution in [3.8, 4) is 6.07 Å². The summed E-state index contributed by atoms with van der Waals surface area (Å²) in [6, 6.07) is 4.61. The zero-order valence-corrected chi connectivity index (χ0v) is 10.4. The average Bonchev–Trinajstić information content (AvgIpc) is 2.26. The summed E-state index contributed by atoms with van der Waals surface area (Å²) in [5.74, 6) is -0.671. The molecule has 0 fully saturated rings. The van der Waals surface area contributed by atoms with Crippen LogP contribution in [0.25, 0.3) is 0 Å². The highest BCUT2D eigenvalue weighted by molar-refractivity contribution is 6.31. The number of benzene rings is 1. The van der Waals surface area contributed by atoms with E-state index in [-0.39, 0.29) is 24.7 Å². The molecule has 0 N–H and O–H groups in total. The van der Waals surface area contributed by atoms with Crippen molar-refractivity contribution in [2.45, 2.75) is 19.9 Å². The molecule has 1 aromatic rings. The molecule has 0 saturated heterocycles. The van der Waals surface area contributed by atoms with Crippen molar-refractivity contribution in [3.05, 3.63) is 34.1 Å². The number of amides is 1. The van der Waals surface area contributed by atoms with Crippen molar-refractivity contribution in [2.75, 3.05) is 7.05 Å². The molecular weight excluding hydrogens is 243 g/mol. The Balaban J connectivity index is 2.86. The van der Waals surface area contributed by atoms with Gasteiger partial charge in [-0.25, -0.2) is 4.39 Å². The monoisotopic (exact) mass is 254 g/mol. The SMILES string of the molecule is Cc1cc(Cl)c(CN(C)C(=O)CC#N)cc1F. The number of rotatable bonds is 3. The van der Waals surface area contributed by atoms with Gasteiger partial charge in [-0.1, -0.05) is 11.6 Å². The van der Waals surface area contributed by atoms with Crippen molar-refractivity contribution < 1.29 is 9.18 Å². The molecule has 1 amide bonds. The molecule has 5 heteroatoms. The van der Waals surface area contributed by atoms with E-state index in [9.17, 15) is 9.18 Å². The molecule has 0 aliphatic rings. The van der Waals surface area contributed by atoms with E-state index in [0.717, 1.165) is 0 Å². The van der Waals surface area contributed by atoms with E-state index in [1.54, 1.807) is 20.0 Å². The molecular formula is C12H12ClFN2O. The minimum absolute atomic E-state index is 0.191. The molecule has 0 spiro atoms. The maximum atomic E-state index is 13.3. The highest BCUT2D eigenvalue weighted by atomic mass is 35.5. The first-order valence-corrected chi connectivity index (χ1v) is 5.39. The first kappa shape index (κ1) is 13.5. The van der Waals surface area contributed by atoms with Crippen molar-refractivity contribution in [1.29, 1.82) is 5.26 Å². The molecule has 0 aromatic heterocycles. The summed E-state index contributed by atoms with van der Waals surface area (Å²) in [5, 5.41) is 8.82. The third-order valence-corrected chi connectivity index (χ3v) is 2.74. The van der Waals surface area contributed by atoms with Crippen LogP contribution in [0.3, 0.4) is 0 Å². The molecule has 1 aromatic carbocycles. The van der Waals surface area contributed by atoms with Gasteiger partial charge in [-0.2, -0.15) is 5.26 Å². The Morgan fingerprint density at radius 1 is 1.59 bits per heavy atom. The van der Waals surface area contributed by atoms with Crippen LogP contribution in [0, 0.1) is 24.1 Å². The summed E-state index contributed by atoms with van der Waals surface area (Å²) >= 11 is 5.96. The van der Waals surface area contributed by atoms with Gasteiger partial charge in [0.05, 0.1) is 6.07 Å². The van der Waals surface area contributed by atoms with Gasteiger partial charge in [-0.05, 0) is 30.2 Å². The number of nitrogens with zero attached hydrogens (tertiary/aromatic N) is 2. The summed E-state index contributed by atoms with van der Waals surface area (Å²) < 4.78 is 13.3. The fourth-order valence-corrected chi connectivity index (χ4v) is 1.63. The minimum atomic E-state index is -0.356. The summed E-state index contributed by atoms with van der Waals surface area (Å²) in [4.78, 5) is 12.7. The van der Waals surface area contributed by atoms with Crippen LogP contribution in [-0.2, 0) is 11.3 Å². The van der Waals surface area contributed by atoms with Gasteiger partial charge in [0.15, 0.2) is 0 Å². The van der Waals surface area contributed by atoms with E-state index in [1.807, 2.05) is 0 Å². The van der Waals surface area contributed by atoms with Crippen molar-refractivity contribution in [2.24, 2.45) is 0 Å². The van der Waals surface area contributed by atoms with Crippen LogP contribution in [0.5, 0.6) is 0 Å². The second kappa shape index (κ2) is 5.65. The topological polar surface area (TPSA) is 44.1 Å². The lowest BCUT2D eigenvalue weighted by Crippen LogP contribution is -2.25. The Kier molecular flexibility index (Phi) is 4.47. The Bertz CT molecular complexity index is 482. The lowest BCUT2D eigenvalue weighted by atomic mass is 10.1. The van der Waals surface area contributed by atoms with Crippen LogP contribution in [0.2, 0.25) is 5.02 Å². The number of nitriles is 1. The first-order chi connectivity index (χ1) is 7.95. The van der Waals surface area contributed by atoms with Gasteiger partial charge in [-0.3, -0.25) is 4.79 Å². The predicted molar refractivity (Wildman–Crippen MR) is 62.9 cm³/mol. The highest BCUT2D eigenvalue weighted by Gasteiger charge is 2.12. The second-order valence-corrected chi connectivity index (χ2v) is 4.18. The van der Waals surface area contributed by atoms with Gasteiger partial charge < -0.3 is 4.90 Å². The molecule has 17 heavy (non-hydrogen) atoms. The summed E-state index contributed by atoms with van der Waals surface area (Å²) in [6.07, 6.45) is -0.192. The van der Waals surface area contributed by atoms with E-state index in [2.05, 4.69) is 0 Å². The van der Waals surface area contributed by atoms with E-state index in [1.165, 1.54) is 17.0 Å². The Morgan fingerprint density at radius 2 is 2.24 bits per heavy atom. The van der Waals surface area contributed by atoms with Gasteiger partial charge in [0.2, 0.25) is 5.91 Å². The molecule has 0 unspecified atom stereocenters. The predicted octanol–water partition coefficient (Wildman–Crippen LogP) is 2.66. The highest BCUT2D eigenvalue weighted by Crippen LogP contribution is 2.21. The van der Waals surface area contributed by atoms with Gasteiger partial charge in [0.1, 0.15) is 12.2 Å². The number of hydrogen-bond acceptors (Lipinski definition) is 2. The number of halogens is 2. The molecule has 3 nitrogen and oxygen atoms in total. The molecule has 0 aliphatic carbocycles. The maximum absolute atomic E-state index is 13.3. The lowest BCUT2D eigenvalue weighted by Gasteiger charge is -2.17. The van der Waals surface area contributed by atoms with Crippen LogP contribution in [0.1, 0.15) is 17.5 Å². The molecule has 0 bridgehead atoms. The normalized spacial score (nSPS) is 9.82. The van der Waals surface area contributed by atoms with Crippen molar-refractivity contribution in [3.63, 3.8) is 0 Å². The maximum Gasteiger partial charge on any atom is 0.236 e. The smallest absolute Gasteiger partial charge is 0.236 e. The zero-order chi connectivity index (χ0) is 13.0. The van der Waals surface area contributed by atoms with Crippen LogP contribution < -0.4 is 0 Å². The minimum Gasteiger partial charge on any atom is -0.340 e. The summed E-state index contributed by atoms with van der Waals surface area (Å²) in [7, 11) is 1.55. The van der Waals surface area contributed by atoms with Crippen LogP contribution >= 0.6 is 11.6 Å². The largest absolute Gasteiger partial charge is 0.340 e. The second-order valence-electron chi connectivity index (χ2n) is 3.78. The fraction of sp³-hybridized carbons (Fsp3) is 0.333. The average molecular weight is 255 g/mol. The number of carbonyl (C=O) groups is 1. The quantitative estimate of drug-likeness (QED) is 0.832. The third kappa shape index (κ3) is 3.43. The molecule has 1 rings (SSSR count). The fourth-order valence-electron chi connectivity index (χ4n) is 1.35. The van der Waals surface area contributed by atoms with Crippen molar-refractivity contribution >= 4 is 17.5 Å². The van der Waals surface area contributed by atoms with E-state index >= 15 is 0 Å². The number of hydrogen-bond donors (Lipinski definition) is 0. The van der Waals surface area contributed by atoms with Crippen molar-refractivity contribution in [1.82, 2.24) is 4.90 Å². The summed E-state index contributed by atoms with van der Waals surface area (Å²) in [5.41, 5.74) is 0.994. The number of aryl methyl sites for hydroxylation is 1.